The number of halogens is 1. The summed E-state index contributed by atoms with van der Waals surface area (Å²) in [6, 6.07) is 10.9. The molecule has 0 amide bonds. The van der Waals surface area contributed by atoms with Crippen molar-refractivity contribution in [2.24, 2.45) is 0 Å². The fourth-order valence-electron chi connectivity index (χ4n) is 2.56. The van der Waals surface area contributed by atoms with Gasteiger partial charge < -0.3 is 4.98 Å². The fraction of sp³-hybridized carbons (Fsp3) is 0.0625. The van der Waals surface area contributed by atoms with Crippen LogP contribution < -0.4 is 5.56 Å². The van der Waals surface area contributed by atoms with Gasteiger partial charge in [-0.05, 0) is 30.7 Å². The average molecular weight is 311 g/mol. The first kappa shape index (κ1) is 13.0. The van der Waals surface area contributed by atoms with Crippen LogP contribution in [0.1, 0.15) is 5.69 Å². The van der Waals surface area contributed by atoms with Crippen molar-refractivity contribution in [3.8, 4) is 11.1 Å². The maximum Gasteiger partial charge on any atom is 0.257 e. The van der Waals surface area contributed by atoms with Crippen molar-refractivity contribution in [1.29, 1.82) is 0 Å². The van der Waals surface area contributed by atoms with E-state index < -0.39 is 0 Å². The highest BCUT2D eigenvalue weighted by Gasteiger charge is 2.10. The van der Waals surface area contributed by atoms with E-state index in [2.05, 4.69) is 15.1 Å². The summed E-state index contributed by atoms with van der Waals surface area (Å²) in [6.45, 7) is 1.89. The Hall–Kier alpha value is -2.66. The summed E-state index contributed by atoms with van der Waals surface area (Å²) in [6.07, 6.45) is 1.73. The van der Waals surface area contributed by atoms with E-state index in [4.69, 9.17) is 11.6 Å². The molecule has 5 nitrogen and oxygen atoms in total. The fourth-order valence-corrected chi connectivity index (χ4v) is 2.75. The predicted octanol–water partition coefficient (Wildman–Crippen LogP) is 3.20. The van der Waals surface area contributed by atoms with Gasteiger partial charge in [-0.3, -0.25) is 4.79 Å². The lowest BCUT2D eigenvalue weighted by Gasteiger charge is -2.05. The number of aryl methyl sites for hydroxylation is 1. The number of H-pyrrole nitrogens is 1. The lowest BCUT2D eigenvalue weighted by atomic mass is 10.1. The van der Waals surface area contributed by atoms with Crippen LogP contribution in [-0.4, -0.2) is 19.6 Å². The Morgan fingerprint density at radius 3 is 2.91 bits per heavy atom. The number of pyridine rings is 1. The molecule has 1 aromatic carbocycles. The van der Waals surface area contributed by atoms with Gasteiger partial charge in [0.25, 0.3) is 5.56 Å². The Balaban J connectivity index is 2.05. The Kier molecular flexibility index (Phi) is 2.77. The number of fused-ring (bicyclic) bond motifs is 3. The molecule has 0 atom stereocenters. The van der Waals surface area contributed by atoms with E-state index in [1.54, 1.807) is 22.8 Å². The SMILES string of the molecule is Cc1cc2ncc3cc(-c4cccc(Cl)c4)c(=O)[nH]c3n2n1. The molecule has 4 aromatic rings. The molecule has 3 heterocycles. The first-order valence-electron chi connectivity index (χ1n) is 6.76. The molecule has 0 aliphatic rings. The molecule has 0 spiro atoms. The van der Waals surface area contributed by atoms with E-state index in [0.717, 1.165) is 16.6 Å². The molecule has 0 aliphatic heterocycles. The van der Waals surface area contributed by atoms with Crippen LogP contribution >= 0.6 is 11.6 Å². The number of nitrogens with one attached hydrogen (secondary N) is 1. The van der Waals surface area contributed by atoms with Crippen molar-refractivity contribution in [2.75, 3.05) is 0 Å². The van der Waals surface area contributed by atoms with Gasteiger partial charge in [0.1, 0.15) is 5.65 Å². The van der Waals surface area contributed by atoms with Gasteiger partial charge in [-0.15, -0.1) is 0 Å². The number of aromatic amines is 1. The second-order valence-corrected chi connectivity index (χ2v) is 5.58. The number of hydrogen-bond acceptors (Lipinski definition) is 3. The Bertz CT molecular complexity index is 1080. The van der Waals surface area contributed by atoms with Gasteiger partial charge in [-0.25, -0.2) is 4.98 Å². The maximum absolute atomic E-state index is 12.4. The van der Waals surface area contributed by atoms with E-state index >= 15 is 0 Å². The molecule has 108 valence electrons. The zero-order chi connectivity index (χ0) is 15.3. The molecule has 0 saturated carbocycles. The van der Waals surface area contributed by atoms with Crippen LogP contribution in [0.4, 0.5) is 0 Å². The summed E-state index contributed by atoms with van der Waals surface area (Å²) in [5.41, 5.74) is 3.33. The summed E-state index contributed by atoms with van der Waals surface area (Å²) in [5, 5.41) is 5.76. The third-order valence-corrected chi connectivity index (χ3v) is 3.78. The van der Waals surface area contributed by atoms with Crippen LogP contribution in [0.2, 0.25) is 5.02 Å². The van der Waals surface area contributed by atoms with Gasteiger partial charge >= 0.3 is 0 Å². The molecule has 4 rings (SSSR count). The van der Waals surface area contributed by atoms with Gasteiger partial charge in [0.2, 0.25) is 0 Å². The Morgan fingerprint density at radius 1 is 1.23 bits per heavy atom. The Morgan fingerprint density at radius 2 is 2.09 bits per heavy atom. The second-order valence-electron chi connectivity index (χ2n) is 5.14. The molecule has 0 radical (unpaired) electrons. The standard InChI is InChI=1S/C16H11ClN4O/c1-9-5-14-18-8-11-7-13(10-3-2-4-12(17)6-10)16(22)19-15(11)21(14)20-9/h2-8H,1H3,(H,19,22). The molecule has 0 bridgehead atoms. The molecule has 0 aliphatic carbocycles. The molecule has 22 heavy (non-hydrogen) atoms. The van der Waals surface area contributed by atoms with Crippen LogP contribution in [0.5, 0.6) is 0 Å². The quantitative estimate of drug-likeness (QED) is 0.587. The van der Waals surface area contributed by atoms with Gasteiger partial charge in [-0.2, -0.15) is 9.61 Å². The van der Waals surface area contributed by atoms with Crippen LogP contribution in [0.3, 0.4) is 0 Å². The van der Waals surface area contributed by atoms with Crippen LogP contribution in [0.15, 0.2) is 47.4 Å². The highest BCUT2D eigenvalue weighted by Crippen LogP contribution is 2.22. The molecular weight excluding hydrogens is 300 g/mol. The van der Waals surface area contributed by atoms with Gasteiger partial charge in [0, 0.05) is 28.2 Å². The minimum atomic E-state index is -0.185. The molecule has 0 fully saturated rings. The minimum Gasteiger partial charge on any atom is -0.306 e. The number of hydrogen-bond donors (Lipinski definition) is 1. The van der Waals surface area contributed by atoms with Crippen molar-refractivity contribution < 1.29 is 0 Å². The summed E-state index contributed by atoms with van der Waals surface area (Å²) < 4.78 is 1.65. The first-order chi connectivity index (χ1) is 10.6. The topological polar surface area (TPSA) is 63.0 Å². The largest absolute Gasteiger partial charge is 0.306 e. The number of nitrogens with zero attached hydrogens (tertiary/aromatic N) is 3. The molecule has 6 heteroatoms. The Labute approximate surface area is 130 Å². The average Bonchev–Trinajstić information content (AvgIpc) is 2.87. The number of aromatic nitrogens is 4. The van der Waals surface area contributed by atoms with Crippen molar-refractivity contribution in [3.05, 3.63) is 63.7 Å². The highest BCUT2D eigenvalue weighted by atomic mass is 35.5. The summed E-state index contributed by atoms with van der Waals surface area (Å²) in [5.74, 6) is 0. The second kappa shape index (κ2) is 4.68. The third-order valence-electron chi connectivity index (χ3n) is 3.55. The van der Waals surface area contributed by atoms with Crippen molar-refractivity contribution in [3.63, 3.8) is 0 Å². The normalized spacial score (nSPS) is 11.4. The van der Waals surface area contributed by atoms with Gasteiger partial charge in [0.05, 0.1) is 5.69 Å². The van der Waals surface area contributed by atoms with Crippen molar-refractivity contribution in [1.82, 2.24) is 19.6 Å². The smallest absolute Gasteiger partial charge is 0.257 e. The number of rotatable bonds is 1. The lowest BCUT2D eigenvalue weighted by Crippen LogP contribution is -2.11. The molecule has 3 aromatic heterocycles. The zero-order valence-corrected chi connectivity index (χ0v) is 12.4. The summed E-state index contributed by atoms with van der Waals surface area (Å²) in [4.78, 5) is 19.7. The molecule has 0 saturated heterocycles. The first-order valence-corrected chi connectivity index (χ1v) is 7.14. The van der Waals surface area contributed by atoms with Crippen molar-refractivity contribution >= 4 is 28.3 Å². The maximum atomic E-state index is 12.4. The predicted molar refractivity (Wildman–Crippen MR) is 86.3 cm³/mol. The molecule has 1 N–H and O–H groups in total. The van der Waals surface area contributed by atoms with Crippen LogP contribution in [0.25, 0.3) is 27.8 Å². The van der Waals surface area contributed by atoms with E-state index in [1.807, 2.05) is 31.2 Å². The summed E-state index contributed by atoms with van der Waals surface area (Å²) >= 11 is 6.01. The molecular formula is C16H11ClN4O. The van der Waals surface area contributed by atoms with Crippen LogP contribution in [0, 0.1) is 6.92 Å². The van der Waals surface area contributed by atoms with E-state index in [9.17, 15) is 4.79 Å². The van der Waals surface area contributed by atoms with Gasteiger partial charge in [-0.1, -0.05) is 23.7 Å². The number of benzene rings is 1. The van der Waals surface area contributed by atoms with E-state index in [0.29, 0.717) is 21.9 Å². The monoisotopic (exact) mass is 310 g/mol. The highest BCUT2D eigenvalue weighted by molar-refractivity contribution is 6.30. The van der Waals surface area contributed by atoms with E-state index in [-0.39, 0.29) is 5.56 Å². The van der Waals surface area contributed by atoms with Crippen LogP contribution in [-0.2, 0) is 0 Å². The minimum absolute atomic E-state index is 0.185. The zero-order valence-electron chi connectivity index (χ0n) is 11.7. The third kappa shape index (κ3) is 1.98. The summed E-state index contributed by atoms with van der Waals surface area (Å²) in [7, 11) is 0. The lowest BCUT2D eigenvalue weighted by molar-refractivity contribution is 0.936. The van der Waals surface area contributed by atoms with Crippen molar-refractivity contribution in [2.45, 2.75) is 6.92 Å². The van der Waals surface area contributed by atoms with E-state index in [1.165, 1.54) is 0 Å². The van der Waals surface area contributed by atoms with Gasteiger partial charge in [0.15, 0.2) is 5.65 Å². The molecule has 0 unspecified atom stereocenters.